The van der Waals surface area contributed by atoms with Crippen molar-refractivity contribution >= 4 is 45.7 Å². The fourth-order valence-electron chi connectivity index (χ4n) is 4.68. The number of carbonyl (C=O) groups excluding carboxylic acids is 2. The SMILES string of the molecule is CC(C)CNc1nc2ccccc2n2c(-c3ccc(C(=O)Nc4cccc(NC(=O)c5ccncc5)c4)cc3)cnc12. The van der Waals surface area contributed by atoms with Crippen LogP contribution in [-0.4, -0.2) is 37.7 Å². The minimum absolute atomic E-state index is 0.254. The third kappa shape index (κ3) is 5.53. The topological polar surface area (TPSA) is 113 Å². The lowest BCUT2D eigenvalue weighted by molar-refractivity contribution is 0.101. The van der Waals surface area contributed by atoms with E-state index in [4.69, 9.17) is 9.97 Å². The minimum atomic E-state index is -0.257. The summed E-state index contributed by atoms with van der Waals surface area (Å²) in [6, 6.07) is 25.7. The fraction of sp³-hybridized carbons (Fsp3) is 0.121. The zero-order valence-electron chi connectivity index (χ0n) is 23.2. The summed E-state index contributed by atoms with van der Waals surface area (Å²) in [6.45, 7) is 5.09. The molecular formula is C33H29N7O2. The van der Waals surface area contributed by atoms with E-state index in [0.29, 0.717) is 28.4 Å². The van der Waals surface area contributed by atoms with E-state index < -0.39 is 0 Å². The Kier molecular flexibility index (Phi) is 7.30. The van der Waals surface area contributed by atoms with Gasteiger partial charge in [-0.25, -0.2) is 9.97 Å². The maximum absolute atomic E-state index is 13.1. The molecule has 6 rings (SSSR count). The zero-order chi connectivity index (χ0) is 29.1. The number of imidazole rings is 1. The predicted octanol–water partition coefficient (Wildman–Crippen LogP) is 6.52. The Labute approximate surface area is 242 Å². The van der Waals surface area contributed by atoms with Crippen LogP contribution in [-0.2, 0) is 0 Å². The van der Waals surface area contributed by atoms with Crippen molar-refractivity contribution in [2.45, 2.75) is 13.8 Å². The van der Waals surface area contributed by atoms with Crippen LogP contribution >= 0.6 is 0 Å². The Morgan fingerprint density at radius 2 is 1.48 bits per heavy atom. The van der Waals surface area contributed by atoms with Crippen LogP contribution in [0, 0.1) is 5.92 Å². The van der Waals surface area contributed by atoms with Crippen molar-refractivity contribution in [3.63, 3.8) is 0 Å². The number of pyridine rings is 1. The largest absolute Gasteiger partial charge is 0.367 e. The van der Waals surface area contributed by atoms with Crippen molar-refractivity contribution < 1.29 is 9.59 Å². The van der Waals surface area contributed by atoms with E-state index in [1.165, 1.54) is 0 Å². The van der Waals surface area contributed by atoms with Crippen molar-refractivity contribution in [2.75, 3.05) is 22.5 Å². The van der Waals surface area contributed by atoms with Gasteiger partial charge in [0.1, 0.15) is 0 Å². The molecule has 0 atom stereocenters. The van der Waals surface area contributed by atoms with Gasteiger partial charge in [0, 0.05) is 47.0 Å². The number of nitrogens with zero attached hydrogens (tertiary/aromatic N) is 4. The number of benzene rings is 3. The number of rotatable bonds is 8. The van der Waals surface area contributed by atoms with E-state index in [9.17, 15) is 9.59 Å². The lowest BCUT2D eigenvalue weighted by atomic mass is 10.1. The fourth-order valence-corrected chi connectivity index (χ4v) is 4.68. The van der Waals surface area contributed by atoms with Crippen molar-refractivity contribution in [3.05, 3.63) is 115 Å². The molecule has 0 saturated heterocycles. The number of para-hydroxylation sites is 2. The molecule has 0 unspecified atom stereocenters. The number of nitrogens with one attached hydrogen (secondary N) is 3. The van der Waals surface area contributed by atoms with Crippen LogP contribution in [0.4, 0.5) is 17.2 Å². The molecule has 3 N–H and O–H groups in total. The van der Waals surface area contributed by atoms with E-state index in [2.05, 4.69) is 39.2 Å². The Morgan fingerprint density at radius 1 is 0.810 bits per heavy atom. The third-order valence-corrected chi connectivity index (χ3v) is 6.77. The standard InChI is InChI=1S/C33H29N7O2/c1-21(2)19-35-30-31-36-20-29(40(31)28-9-4-3-8-27(28)39-30)22-10-12-23(13-11-22)32(41)37-25-6-5-7-26(18-25)38-33(42)24-14-16-34-17-15-24/h3-18,20-21H,19H2,1-2H3,(H,35,39)(H,37,41)(H,38,42). The smallest absolute Gasteiger partial charge is 0.255 e. The van der Waals surface area contributed by atoms with Gasteiger partial charge in [-0.15, -0.1) is 0 Å². The average Bonchev–Trinajstić information content (AvgIpc) is 3.46. The highest BCUT2D eigenvalue weighted by molar-refractivity contribution is 6.06. The van der Waals surface area contributed by atoms with Gasteiger partial charge < -0.3 is 16.0 Å². The summed E-state index contributed by atoms with van der Waals surface area (Å²) in [5, 5.41) is 9.20. The maximum Gasteiger partial charge on any atom is 0.255 e. The average molecular weight is 556 g/mol. The molecule has 0 saturated carbocycles. The van der Waals surface area contributed by atoms with Crippen LogP contribution in [0.1, 0.15) is 34.6 Å². The molecular weight excluding hydrogens is 526 g/mol. The van der Waals surface area contributed by atoms with Gasteiger partial charge in [-0.3, -0.25) is 19.0 Å². The van der Waals surface area contributed by atoms with Gasteiger partial charge in [-0.1, -0.05) is 44.2 Å². The molecule has 208 valence electrons. The van der Waals surface area contributed by atoms with Crippen molar-refractivity contribution in [3.8, 4) is 11.3 Å². The lowest BCUT2D eigenvalue weighted by Crippen LogP contribution is -2.14. The summed E-state index contributed by atoms with van der Waals surface area (Å²) in [5.74, 6) is 0.686. The second-order valence-electron chi connectivity index (χ2n) is 10.3. The minimum Gasteiger partial charge on any atom is -0.367 e. The molecule has 0 aliphatic heterocycles. The first kappa shape index (κ1) is 26.6. The van der Waals surface area contributed by atoms with Crippen molar-refractivity contribution in [2.24, 2.45) is 5.92 Å². The monoisotopic (exact) mass is 555 g/mol. The number of aromatic nitrogens is 4. The Morgan fingerprint density at radius 3 is 2.17 bits per heavy atom. The summed E-state index contributed by atoms with van der Waals surface area (Å²) in [4.78, 5) is 39.0. The second kappa shape index (κ2) is 11.5. The Bertz CT molecular complexity index is 1900. The number of fused-ring (bicyclic) bond motifs is 3. The molecule has 0 spiro atoms. The number of hydrogen-bond acceptors (Lipinski definition) is 6. The number of amides is 2. The molecule has 3 heterocycles. The molecule has 9 nitrogen and oxygen atoms in total. The van der Waals surface area contributed by atoms with E-state index in [0.717, 1.165) is 40.3 Å². The van der Waals surface area contributed by atoms with Crippen LogP contribution < -0.4 is 16.0 Å². The van der Waals surface area contributed by atoms with Gasteiger partial charge in [0.15, 0.2) is 11.5 Å². The molecule has 0 fully saturated rings. The molecule has 3 aromatic carbocycles. The van der Waals surface area contributed by atoms with E-state index in [1.54, 1.807) is 60.9 Å². The van der Waals surface area contributed by atoms with Gasteiger partial charge in [-0.05, 0) is 60.5 Å². The Balaban J connectivity index is 1.23. The van der Waals surface area contributed by atoms with Gasteiger partial charge in [0.05, 0.1) is 22.9 Å². The highest BCUT2D eigenvalue weighted by atomic mass is 16.2. The first-order chi connectivity index (χ1) is 20.5. The molecule has 0 aliphatic carbocycles. The van der Waals surface area contributed by atoms with Crippen LogP contribution in [0.2, 0.25) is 0 Å². The molecule has 0 aliphatic rings. The van der Waals surface area contributed by atoms with E-state index in [1.807, 2.05) is 42.6 Å². The summed E-state index contributed by atoms with van der Waals surface area (Å²) < 4.78 is 2.10. The zero-order valence-corrected chi connectivity index (χ0v) is 23.2. The first-order valence-corrected chi connectivity index (χ1v) is 13.7. The quantitative estimate of drug-likeness (QED) is 0.197. The van der Waals surface area contributed by atoms with E-state index in [-0.39, 0.29) is 11.8 Å². The molecule has 0 bridgehead atoms. The summed E-state index contributed by atoms with van der Waals surface area (Å²) in [5.41, 5.74) is 6.54. The number of hydrogen-bond donors (Lipinski definition) is 3. The highest BCUT2D eigenvalue weighted by Crippen LogP contribution is 2.29. The number of anilines is 3. The molecule has 3 aromatic heterocycles. The van der Waals surface area contributed by atoms with Crippen LogP contribution in [0.15, 0.2) is 104 Å². The molecule has 2 amide bonds. The van der Waals surface area contributed by atoms with Crippen molar-refractivity contribution in [1.82, 2.24) is 19.4 Å². The van der Waals surface area contributed by atoms with Gasteiger partial charge in [0.2, 0.25) is 0 Å². The van der Waals surface area contributed by atoms with Gasteiger partial charge in [0.25, 0.3) is 11.8 Å². The molecule has 0 radical (unpaired) electrons. The summed E-state index contributed by atoms with van der Waals surface area (Å²) in [7, 11) is 0. The van der Waals surface area contributed by atoms with E-state index >= 15 is 0 Å². The van der Waals surface area contributed by atoms with Crippen LogP contribution in [0.25, 0.3) is 27.9 Å². The van der Waals surface area contributed by atoms with Crippen LogP contribution in [0.5, 0.6) is 0 Å². The molecule has 42 heavy (non-hydrogen) atoms. The first-order valence-electron chi connectivity index (χ1n) is 13.7. The van der Waals surface area contributed by atoms with Crippen LogP contribution in [0.3, 0.4) is 0 Å². The summed E-state index contributed by atoms with van der Waals surface area (Å²) >= 11 is 0. The van der Waals surface area contributed by atoms with Gasteiger partial charge >= 0.3 is 0 Å². The lowest BCUT2D eigenvalue weighted by Gasteiger charge is -2.13. The normalized spacial score (nSPS) is 11.1. The maximum atomic E-state index is 13.1. The molecule has 9 heteroatoms. The third-order valence-electron chi connectivity index (χ3n) is 6.77. The molecule has 6 aromatic rings. The predicted molar refractivity (Wildman–Crippen MR) is 166 cm³/mol. The number of carbonyl (C=O) groups is 2. The second-order valence-corrected chi connectivity index (χ2v) is 10.3. The van der Waals surface area contributed by atoms with Gasteiger partial charge in [-0.2, -0.15) is 0 Å². The van der Waals surface area contributed by atoms with Crippen molar-refractivity contribution in [1.29, 1.82) is 0 Å². The highest BCUT2D eigenvalue weighted by Gasteiger charge is 2.16. The Hall–Kier alpha value is -5.57. The summed E-state index contributed by atoms with van der Waals surface area (Å²) in [6.07, 6.45) is 4.97.